The Balaban J connectivity index is 1.80. The van der Waals surface area contributed by atoms with E-state index in [0.29, 0.717) is 0 Å². The van der Waals surface area contributed by atoms with Crippen molar-refractivity contribution in [2.45, 2.75) is 60.6 Å². The second-order valence-corrected chi connectivity index (χ2v) is 7.58. The standard InChI is InChI=1S/C15H21N3O11/c16-12-17-10(23)6-7-13(25,3-19)8-9(27-5(22)2-1-4(20)21)14(6,18-12)11(24)15(26,28-7)29-8/h6-11,19,23-26H,1-3H2,(H,20,21)(H3,16,17,18)/t6?,7?,8?,9-,10-,11+,13+,14-,15?/m1/s1. The van der Waals surface area contributed by atoms with Crippen molar-refractivity contribution < 1.29 is 54.4 Å². The lowest BCUT2D eigenvalue weighted by Gasteiger charge is -2.71. The molecule has 5 aliphatic rings. The maximum absolute atomic E-state index is 12.2. The number of aliphatic hydroxyl groups excluding tert-OH is 3. The largest absolute Gasteiger partial charge is 0.481 e. The van der Waals surface area contributed by atoms with E-state index in [2.05, 4.69) is 10.3 Å². The molecular formula is C15H21N3O11. The molecule has 1 saturated carbocycles. The first kappa shape index (κ1) is 20.2. The number of ether oxygens (including phenoxy) is 3. The SMILES string of the molecule is NC1=N[C@H](O)C2C3OC4(O)OC([C@@H](OC(=O)CCC(=O)O)[C@@]2(N1)[C@@H]4O)[C@]3(O)CO. The van der Waals surface area contributed by atoms with Crippen LogP contribution in [0, 0.1) is 5.92 Å². The van der Waals surface area contributed by atoms with Crippen LogP contribution < -0.4 is 11.1 Å². The molecular weight excluding hydrogens is 398 g/mol. The summed E-state index contributed by atoms with van der Waals surface area (Å²) in [5.41, 5.74) is 1.52. The summed E-state index contributed by atoms with van der Waals surface area (Å²) >= 11 is 0. The highest BCUT2D eigenvalue weighted by Crippen LogP contribution is 2.59. The first-order valence-electron chi connectivity index (χ1n) is 8.79. The van der Waals surface area contributed by atoms with Gasteiger partial charge in [-0.1, -0.05) is 0 Å². The van der Waals surface area contributed by atoms with Gasteiger partial charge < -0.3 is 55.9 Å². The van der Waals surface area contributed by atoms with Crippen molar-refractivity contribution in [3.63, 3.8) is 0 Å². The minimum absolute atomic E-state index is 0.350. The number of guanidine groups is 1. The second kappa shape index (κ2) is 6.21. The fourth-order valence-corrected chi connectivity index (χ4v) is 4.78. The smallest absolute Gasteiger partial charge is 0.311 e. The number of rotatable bonds is 5. The quantitative estimate of drug-likeness (QED) is 0.195. The Morgan fingerprint density at radius 2 is 1.86 bits per heavy atom. The first-order valence-corrected chi connectivity index (χ1v) is 8.79. The predicted molar refractivity (Wildman–Crippen MR) is 86.5 cm³/mol. The number of nitrogens with one attached hydrogen (secondary N) is 1. The number of aliphatic imine (C=N–C) groups is 1. The fourth-order valence-electron chi connectivity index (χ4n) is 4.78. The van der Waals surface area contributed by atoms with Crippen molar-refractivity contribution in [3.05, 3.63) is 0 Å². The van der Waals surface area contributed by atoms with Crippen LogP contribution in [0.5, 0.6) is 0 Å². The molecule has 4 aliphatic heterocycles. The Morgan fingerprint density at radius 3 is 2.48 bits per heavy atom. The molecule has 29 heavy (non-hydrogen) atoms. The molecule has 3 saturated heterocycles. The zero-order chi connectivity index (χ0) is 21.4. The molecule has 0 aromatic carbocycles. The highest BCUT2D eigenvalue weighted by molar-refractivity contribution is 5.81. The van der Waals surface area contributed by atoms with Gasteiger partial charge in [0.1, 0.15) is 23.3 Å². The van der Waals surface area contributed by atoms with Crippen LogP contribution in [0.1, 0.15) is 12.8 Å². The Morgan fingerprint density at radius 1 is 1.21 bits per heavy atom. The highest BCUT2D eigenvalue weighted by atomic mass is 16.9. The van der Waals surface area contributed by atoms with Crippen molar-refractivity contribution in [1.82, 2.24) is 5.32 Å². The van der Waals surface area contributed by atoms with E-state index in [-0.39, 0.29) is 5.96 Å². The monoisotopic (exact) mass is 419 g/mol. The van der Waals surface area contributed by atoms with Crippen LogP contribution in [-0.4, -0.2) is 103 Å². The van der Waals surface area contributed by atoms with E-state index < -0.39 is 85.1 Å². The van der Waals surface area contributed by atoms with Crippen molar-refractivity contribution in [2.24, 2.45) is 16.6 Å². The Kier molecular flexibility index (Phi) is 4.33. The van der Waals surface area contributed by atoms with Gasteiger partial charge in [-0.05, 0) is 0 Å². The van der Waals surface area contributed by atoms with Crippen molar-refractivity contribution in [3.8, 4) is 0 Å². The van der Waals surface area contributed by atoms with E-state index in [1.807, 2.05) is 0 Å². The first-order chi connectivity index (χ1) is 13.5. The number of aliphatic carboxylic acids is 1. The summed E-state index contributed by atoms with van der Waals surface area (Å²) in [6.45, 7) is -0.976. The van der Waals surface area contributed by atoms with Crippen LogP contribution in [0.3, 0.4) is 0 Å². The van der Waals surface area contributed by atoms with E-state index in [4.69, 9.17) is 25.1 Å². The molecule has 0 amide bonds. The maximum atomic E-state index is 12.2. The van der Waals surface area contributed by atoms with Crippen molar-refractivity contribution >= 4 is 17.9 Å². The minimum Gasteiger partial charge on any atom is -0.481 e. The molecule has 1 aliphatic carbocycles. The van der Waals surface area contributed by atoms with E-state index in [0.717, 1.165) is 0 Å². The van der Waals surface area contributed by atoms with Gasteiger partial charge in [0, 0.05) is 0 Å². The third-order valence-corrected chi connectivity index (χ3v) is 5.99. The Hall–Kier alpha value is -2.07. The summed E-state index contributed by atoms with van der Waals surface area (Å²) in [5, 5.41) is 64.2. The van der Waals surface area contributed by atoms with Crippen LogP contribution >= 0.6 is 0 Å². The molecule has 0 aromatic heterocycles. The number of carbonyl (C=O) groups is 2. The third-order valence-electron chi connectivity index (χ3n) is 5.99. The lowest BCUT2D eigenvalue weighted by atomic mass is 9.55. The van der Waals surface area contributed by atoms with Crippen LogP contribution in [0.25, 0.3) is 0 Å². The minimum atomic E-state index is -2.67. The number of hydrogen-bond donors (Lipinski definition) is 8. The lowest BCUT2D eigenvalue weighted by Crippen LogP contribution is -2.95. The number of nitrogens with zero attached hydrogens (tertiary/aromatic N) is 1. The molecule has 4 unspecified atom stereocenters. The van der Waals surface area contributed by atoms with Crippen LogP contribution in [0.2, 0.25) is 0 Å². The molecule has 14 nitrogen and oxygen atoms in total. The summed E-state index contributed by atoms with van der Waals surface area (Å²) in [5.74, 6) is -6.62. The van der Waals surface area contributed by atoms with Gasteiger partial charge >= 0.3 is 17.9 Å². The molecule has 4 heterocycles. The van der Waals surface area contributed by atoms with Gasteiger partial charge in [-0.3, -0.25) is 9.59 Å². The van der Waals surface area contributed by atoms with E-state index >= 15 is 0 Å². The van der Waals surface area contributed by atoms with Crippen LogP contribution in [-0.2, 0) is 23.8 Å². The molecule has 0 radical (unpaired) electrons. The number of nitrogens with two attached hydrogens (primary N) is 1. The second-order valence-electron chi connectivity index (χ2n) is 7.58. The highest BCUT2D eigenvalue weighted by Gasteiger charge is 2.84. The van der Waals surface area contributed by atoms with Gasteiger partial charge in [0.25, 0.3) is 0 Å². The molecule has 0 aromatic rings. The van der Waals surface area contributed by atoms with Gasteiger partial charge in [0.15, 0.2) is 24.4 Å². The van der Waals surface area contributed by atoms with Gasteiger partial charge in [0.2, 0.25) is 0 Å². The summed E-state index contributed by atoms with van der Waals surface area (Å²) in [6, 6.07) is 0. The molecule has 1 spiro atoms. The molecule has 14 heteroatoms. The van der Waals surface area contributed by atoms with Crippen LogP contribution in [0.15, 0.2) is 4.99 Å². The van der Waals surface area contributed by atoms with Gasteiger partial charge in [-0.25, -0.2) is 4.99 Å². The summed E-state index contributed by atoms with van der Waals surface area (Å²) in [7, 11) is 0. The molecule has 4 bridgehead atoms. The third kappa shape index (κ3) is 2.51. The number of carbonyl (C=O) groups excluding carboxylic acids is 1. The zero-order valence-electron chi connectivity index (χ0n) is 14.8. The van der Waals surface area contributed by atoms with E-state index in [1.165, 1.54) is 0 Å². The van der Waals surface area contributed by atoms with Crippen molar-refractivity contribution in [2.75, 3.05) is 6.61 Å². The molecule has 5 rings (SSSR count). The van der Waals surface area contributed by atoms with E-state index in [1.54, 1.807) is 0 Å². The summed E-state index contributed by atoms with van der Waals surface area (Å²) in [6.07, 6.45) is -9.44. The van der Waals surface area contributed by atoms with Crippen molar-refractivity contribution in [1.29, 1.82) is 0 Å². The molecule has 162 valence electrons. The number of esters is 1. The molecule has 4 fully saturated rings. The summed E-state index contributed by atoms with van der Waals surface area (Å²) < 4.78 is 15.9. The fraction of sp³-hybridized carbons (Fsp3) is 0.800. The van der Waals surface area contributed by atoms with Gasteiger partial charge in [-0.15, -0.1) is 0 Å². The summed E-state index contributed by atoms with van der Waals surface area (Å²) in [4.78, 5) is 26.7. The average molecular weight is 419 g/mol. The maximum Gasteiger partial charge on any atom is 0.311 e. The normalized spacial score (nSPS) is 49.8. The molecule has 9 N–H and O–H groups in total. The topological polar surface area (TPSA) is 234 Å². The van der Waals surface area contributed by atoms with Gasteiger partial charge in [0.05, 0.1) is 25.4 Å². The number of hydrogen-bond acceptors (Lipinski definition) is 13. The Labute approximate surface area is 162 Å². The average Bonchev–Trinajstić information content (AvgIpc) is 2.63. The number of carboxylic acid groups (broad SMARTS) is 1. The van der Waals surface area contributed by atoms with E-state index in [9.17, 15) is 35.1 Å². The number of aliphatic hydroxyl groups is 5. The Bertz CT molecular complexity index is 779. The molecule has 9 atom stereocenters. The predicted octanol–water partition coefficient (Wildman–Crippen LogP) is -5.10. The lowest BCUT2D eigenvalue weighted by molar-refractivity contribution is -0.548. The van der Waals surface area contributed by atoms with Gasteiger partial charge in [-0.2, -0.15) is 0 Å². The zero-order valence-corrected chi connectivity index (χ0v) is 14.8. The van der Waals surface area contributed by atoms with Crippen LogP contribution in [0.4, 0.5) is 0 Å². The number of carboxylic acids is 1.